The highest BCUT2D eigenvalue weighted by atomic mass is 79.9. The van der Waals surface area contributed by atoms with Crippen LogP contribution >= 0.6 is 27.5 Å². The largest absolute Gasteiger partial charge is 0.491 e. The molecule has 14 heteroatoms. The van der Waals surface area contributed by atoms with Crippen LogP contribution in [0.2, 0.25) is 5.02 Å². The summed E-state index contributed by atoms with van der Waals surface area (Å²) in [6.07, 6.45) is -4.88. The lowest BCUT2D eigenvalue weighted by Gasteiger charge is -2.61. The lowest BCUT2D eigenvalue weighted by atomic mass is 9.72. The molecule has 2 N–H and O–H groups in total. The van der Waals surface area contributed by atoms with Gasteiger partial charge in [-0.3, -0.25) is 9.58 Å². The highest BCUT2D eigenvalue weighted by molar-refractivity contribution is 9.10. The fraction of sp³-hybridized carbons (Fsp3) is 0.519. The second kappa shape index (κ2) is 11.3. The summed E-state index contributed by atoms with van der Waals surface area (Å²) >= 11 is 10.2. The molecule has 4 heterocycles. The number of halogens is 5. The van der Waals surface area contributed by atoms with Gasteiger partial charge >= 0.3 is 6.18 Å². The molecule has 1 aromatic carbocycles. The molecule has 0 saturated carbocycles. The number of alkyl halides is 3. The third-order valence-corrected chi connectivity index (χ3v) is 8.59. The average Bonchev–Trinajstić information content (AvgIpc) is 3.10. The van der Waals surface area contributed by atoms with Crippen molar-refractivity contribution in [3.63, 3.8) is 0 Å². The number of aryl methyl sites for hydroxylation is 1. The second-order valence-electron chi connectivity index (χ2n) is 11.0. The molecule has 9 nitrogen and oxygen atoms in total. The zero-order valence-corrected chi connectivity index (χ0v) is 25.5. The molecular weight excluding hydrogens is 627 g/mol. The number of rotatable bonds is 9. The molecule has 0 aliphatic carbocycles. The number of aliphatic hydroxyl groups is 1. The standard InChI is InChI=1S/C27H32BrClF3N7O2/c1-15-21(22-16(2)23(28)36-37(22)4)34-24(19-7-18(5-6-20(19)29)41-9-17(40)8-33-3)35-25(15)39-12-26(13-39)10-38(11-26)14-27(30,31)32/h5-7,17,33,40H,8-14H2,1-4H3. The Balaban J connectivity index is 1.49. The van der Waals surface area contributed by atoms with Crippen molar-refractivity contribution >= 4 is 33.3 Å². The van der Waals surface area contributed by atoms with Gasteiger partial charge in [0.1, 0.15) is 28.9 Å². The van der Waals surface area contributed by atoms with E-state index in [2.05, 4.69) is 31.2 Å². The molecule has 1 unspecified atom stereocenters. The SMILES string of the molecule is CNCC(O)COc1ccc(Cl)c(-c2nc(-c3c(C)c(Br)nn3C)c(C)c(N3CC4(CN(CC(F)(F)F)C4)C3)n2)c1. The molecule has 1 atom stereocenters. The number of hydrogen-bond acceptors (Lipinski definition) is 8. The van der Waals surface area contributed by atoms with Gasteiger partial charge in [-0.05, 0) is 55.0 Å². The van der Waals surface area contributed by atoms with Gasteiger partial charge in [0.05, 0.1) is 23.0 Å². The molecule has 2 fully saturated rings. The zero-order chi connectivity index (χ0) is 29.7. The highest BCUT2D eigenvalue weighted by Crippen LogP contribution is 2.45. The lowest BCUT2D eigenvalue weighted by molar-refractivity contribution is -0.172. The molecule has 1 spiro atoms. The van der Waals surface area contributed by atoms with E-state index in [9.17, 15) is 18.3 Å². The fourth-order valence-electron chi connectivity index (χ4n) is 5.73. The second-order valence-corrected chi connectivity index (χ2v) is 12.2. The normalized spacial score (nSPS) is 17.5. The van der Waals surface area contributed by atoms with Gasteiger partial charge < -0.3 is 20.1 Å². The van der Waals surface area contributed by atoms with Gasteiger partial charge in [0, 0.05) is 61.9 Å². The van der Waals surface area contributed by atoms with E-state index in [4.69, 9.17) is 26.3 Å². The molecule has 2 aliphatic rings. The summed E-state index contributed by atoms with van der Waals surface area (Å²) in [6, 6.07) is 5.17. The average molecular weight is 659 g/mol. The molecule has 2 aromatic heterocycles. The Morgan fingerprint density at radius 2 is 1.88 bits per heavy atom. The van der Waals surface area contributed by atoms with Crippen LogP contribution in [0.15, 0.2) is 22.8 Å². The van der Waals surface area contributed by atoms with Crippen molar-refractivity contribution < 1.29 is 23.0 Å². The first-order valence-corrected chi connectivity index (χ1v) is 14.3. The number of anilines is 1. The fourth-order valence-corrected chi connectivity index (χ4v) is 6.35. The highest BCUT2D eigenvalue weighted by Gasteiger charge is 2.54. The Kier molecular flexibility index (Phi) is 8.29. The topological polar surface area (TPSA) is 91.6 Å². The van der Waals surface area contributed by atoms with Crippen LogP contribution in [0.5, 0.6) is 5.75 Å². The Hall–Kier alpha value is -2.45. The van der Waals surface area contributed by atoms with Crippen LogP contribution in [0.1, 0.15) is 11.1 Å². The first-order valence-electron chi connectivity index (χ1n) is 13.2. The predicted molar refractivity (Wildman–Crippen MR) is 154 cm³/mol. The van der Waals surface area contributed by atoms with Crippen molar-refractivity contribution in [3.05, 3.63) is 39.0 Å². The van der Waals surface area contributed by atoms with Crippen LogP contribution in [0.25, 0.3) is 22.8 Å². The summed E-state index contributed by atoms with van der Waals surface area (Å²) in [4.78, 5) is 13.4. The van der Waals surface area contributed by atoms with Gasteiger partial charge in [-0.1, -0.05) is 11.6 Å². The lowest BCUT2D eigenvalue weighted by Crippen LogP contribution is -2.73. The summed E-state index contributed by atoms with van der Waals surface area (Å²) < 4.78 is 46.8. The monoisotopic (exact) mass is 657 g/mol. The van der Waals surface area contributed by atoms with Gasteiger partial charge in [-0.15, -0.1) is 0 Å². The Morgan fingerprint density at radius 1 is 1.17 bits per heavy atom. The molecule has 2 saturated heterocycles. The minimum Gasteiger partial charge on any atom is -0.491 e. The van der Waals surface area contributed by atoms with E-state index in [1.807, 2.05) is 20.9 Å². The maximum atomic E-state index is 12.8. The summed E-state index contributed by atoms with van der Waals surface area (Å²) in [6.45, 7) is 5.52. The Bertz CT molecular complexity index is 1440. The summed E-state index contributed by atoms with van der Waals surface area (Å²) in [5.74, 6) is 1.60. The van der Waals surface area contributed by atoms with Crippen molar-refractivity contribution in [2.24, 2.45) is 12.5 Å². The number of nitrogens with zero attached hydrogens (tertiary/aromatic N) is 6. The third kappa shape index (κ3) is 6.19. The first-order chi connectivity index (χ1) is 19.3. The molecule has 0 radical (unpaired) electrons. The number of benzene rings is 1. The summed E-state index contributed by atoms with van der Waals surface area (Å²) in [5.41, 5.74) is 3.64. The molecule has 0 bridgehead atoms. The van der Waals surface area contributed by atoms with E-state index < -0.39 is 18.8 Å². The molecule has 2 aliphatic heterocycles. The molecule has 5 rings (SSSR count). The van der Waals surface area contributed by atoms with E-state index >= 15 is 0 Å². The molecule has 222 valence electrons. The maximum Gasteiger partial charge on any atom is 0.401 e. The molecule has 3 aromatic rings. The molecule has 41 heavy (non-hydrogen) atoms. The van der Waals surface area contributed by atoms with Crippen LogP contribution in [-0.2, 0) is 7.05 Å². The van der Waals surface area contributed by atoms with Crippen molar-refractivity contribution in [2.75, 3.05) is 57.8 Å². The van der Waals surface area contributed by atoms with Crippen LogP contribution < -0.4 is 15.0 Å². The van der Waals surface area contributed by atoms with Gasteiger partial charge in [0.25, 0.3) is 0 Å². The van der Waals surface area contributed by atoms with E-state index in [1.165, 1.54) is 4.90 Å². The molecule has 0 amide bonds. The van der Waals surface area contributed by atoms with Gasteiger partial charge in [0.2, 0.25) is 0 Å². The van der Waals surface area contributed by atoms with E-state index in [0.717, 1.165) is 16.8 Å². The van der Waals surface area contributed by atoms with Gasteiger partial charge in [0.15, 0.2) is 5.82 Å². The van der Waals surface area contributed by atoms with E-state index in [1.54, 1.807) is 29.9 Å². The quantitative estimate of drug-likeness (QED) is 0.354. The zero-order valence-electron chi connectivity index (χ0n) is 23.2. The van der Waals surface area contributed by atoms with Crippen molar-refractivity contribution in [1.29, 1.82) is 0 Å². The smallest absolute Gasteiger partial charge is 0.401 e. The van der Waals surface area contributed by atoms with Gasteiger partial charge in [-0.2, -0.15) is 18.3 Å². The Labute approximate surface area is 249 Å². The van der Waals surface area contributed by atoms with E-state index in [0.29, 0.717) is 71.0 Å². The number of aliphatic hydroxyl groups excluding tert-OH is 1. The van der Waals surface area contributed by atoms with Crippen LogP contribution in [0.4, 0.5) is 19.0 Å². The maximum absolute atomic E-state index is 12.8. The van der Waals surface area contributed by atoms with Crippen LogP contribution in [0, 0.1) is 19.3 Å². The number of likely N-dealkylation sites (tertiary alicyclic amines) is 1. The summed E-state index contributed by atoms with van der Waals surface area (Å²) in [5, 5.41) is 17.9. The Morgan fingerprint density at radius 3 is 2.49 bits per heavy atom. The van der Waals surface area contributed by atoms with Crippen molar-refractivity contribution in [2.45, 2.75) is 26.1 Å². The first kappa shape index (κ1) is 30.0. The molecular formula is C27H32BrClF3N7O2. The number of ether oxygens (including phenoxy) is 1. The number of nitrogens with one attached hydrogen (secondary N) is 1. The van der Waals surface area contributed by atoms with Gasteiger partial charge in [-0.25, -0.2) is 9.97 Å². The van der Waals surface area contributed by atoms with Crippen molar-refractivity contribution in [3.8, 4) is 28.5 Å². The minimum atomic E-state index is -4.20. The number of hydrogen-bond donors (Lipinski definition) is 2. The third-order valence-electron chi connectivity index (χ3n) is 7.50. The van der Waals surface area contributed by atoms with Crippen LogP contribution in [-0.4, -0.2) is 95.0 Å². The minimum absolute atomic E-state index is 0.0939. The van der Waals surface area contributed by atoms with Crippen LogP contribution in [0.3, 0.4) is 0 Å². The number of aromatic nitrogens is 4. The number of likely N-dealkylation sites (N-methyl/N-ethyl adjacent to an activating group) is 1. The summed E-state index contributed by atoms with van der Waals surface area (Å²) in [7, 11) is 3.59. The van der Waals surface area contributed by atoms with Crippen molar-refractivity contribution in [1.82, 2.24) is 30.0 Å². The van der Waals surface area contributed by atoms with E-state index in [-0.39, 0.29) is 12.0 Å². The predicted octanol–water partition coefficient (Wildman–Crippen LogP) is 4.22.